The number of rotatable bonds is 7. The van der Waals surface area contributed by atoms with Gasteiger partial charge in [-0.25, -0.2) is 18.4 Å². The number of anilines is 2. The van der Waals surface area contributed by atoms with E-state index < -0.39 is 10.0 Å². The van der Waals surface area contributed by atoms with Gasteiger partial charge >= 0.3 is 6.01 Å². The van der Waals surface area contributed by atoms with Gasteiger partial charge in [-0.1, -0.05) is 6.07 Å². The molecule has 1 amide bonds. The van der Waals surface area contributed by atoms with Crippen molar-refractivity contribution in [2.75, 3.05) is 10.0 Å². The van der Waals surface area contributed by atoms with Gasteiger partial charge in [-0.15, -0.1) is 0 Å². The third kappa shape index (κ3) is 5.57. The van der Waals surface area contributed by atoms with Gasteiger partial charge in [0.25, 0.3) is 15.9 Å². The number of aromatic nitrogens is 2. The second kappa shape index (κ2) is 9.72. The lowest BCUT2D eigenvalue weighted by Crippen LogP contribution is -2.15. The van der Waals surface area contributed by atoms with E-state index in [0.717, 1.165) is 11.1 Å². The summed E-state index contributed by atoms with van der Waals surface area (Å²) in [7, 11) is -3.78. The second-order valence-corrected chi connectivity index (χ2v) is 9.22. The van der Waals surface area contributed by atoms with Crippen LogP contribution in [0.5, 0.6) is 11.8 Å². The third-order valence-corrected chi connectivity index (χ3v) is 6.45. The molecule has 4 aromatic rings. The van der Waals surface area contributed by atoms with Crippen LogP contribution in [-0.4, -0.2) is 24.3 Å². The smallest absolute Gasteiger partial charge is 0.321 e. The Morgan fingerprint density at radius 1 is 0.824 bits per heavy atom. The largest absolute Gasteiger partial charge is 0.424 e. The van der Waals surface area contributed by atoms with E-state index in [-0.39, 0.29) is 16.8 Å². The molecule has 34 heavy (non-hydrogen) atoms. The highest BCUT2D eigenvalue weighted by atomic mass is 32.2. The molecule has 0 fully saturated rings. The zero-order valence-corrected chi connectivity index (χ0v) is 19.3. The molecule has 0 aliphatic rings. The minimum absolute atomic E-state index is 0.0620. The Morgan fingerprint density at radius 2 is 1.47 bits per heavy atom. The molecule has 172 valence electrons. The summed E-state index contributed by atoms with van der Waals surface area (Å²) in [6, 6.07) is 19.7. The van der Waals surface area contributed by atoms with E-state index in [1.807, 2.05) is 19.9 Å². The Hall–Kier alpha value is -4.24. The van der Waals surface area contributed by atoms with Crippen LogP contribution < -0.4 is 14.8 Å². The van der Waals surface area contributed by atoms with Gasteiger partial charge in [-0.2, -0.15) is 0 Å². The fourth-order valence-electron chi connectivity index (χ4n) is 3.06. The Kier molecular flexibility index (Phi) is 6.55. The monoisotopic (exact) mass is 474 g/mol. The van der Waals surface area contributed by atoms with Crippen LogP contribution >= 0.6 is 0 Å². The first-order valence-electron chi connectivity index (χ1n) is 10.4. The van der Waals surface area contributed by atoms with Crippen molar-refractivity contribution in [3.63, 3.8) is 0 Å². The Morgan fingerprint density at radius 3 is 2.12 bits per heavy atom. The van der Waals surface area contributed by atoms with Crippen LogP contribution in [0.4, 0.5) is 11.4 Å². The van der Waals surface area contributed by atoms with Gasteiger partial charge in [-0.3, -0.25) is 9.52 Å². The summed E-state index contributed by atoms with van der Waals surface area (Å²) >= 11 is 0. The molecule has 4 rings (SSSR count). The minimum atomic E-state index is -3.78. The third-order valence-electron chi connectivity index (χ3n) is 5.05. The highest BCUT2D eigenvalue weighted by Gasteiger charge is 2.16. The van der Waals surface area contributed by atoms with Crippen LogP contribution in [0.15, 0.2) is 90.1 Å². The highest BCUT2D eigenvalue weighted by Crippen LogP contribution is 2.22. The highest BCUT2D eigenvalue weighted by molar-refractivity contribution is 7.92. The van der Waals surface area contributed by atoms with Crippen molar-refractivity contribution >= 4 is 27.3 Å². The van der Waals surface area contributed by atoms with Gasteiger partial charge < -0.3 is 10.1 Å². The van der Waals surface area contributed by atoms with Gasteiger partial charge in [-0.05, 0) is 91.7 Å². The average molecular weight is 475 g/mol. The van der Waals surface area contributed by atoms with Crippen molar-refractivity contribution in [2.45, 2.75) is 18.7 Å². The van der Waals surface area contributed by atoms with Gasteiger partial charge in [0, 0.05) is 29.3 Å². The number of ether oxygens (including phenoxy) is 1. The lowest BCUT2D eigenvalue weighted by atomic mass is 10.1. The number of benzene rings is 3. The molecule has 9 heteroatoms. The Labute approximate surface area is 197 Å². The zero-order valence-electron chi connectivity index (χ0n) is 18.5. The van der Waals surface area contributed by atoms with Crippen LogP contribution in [0.25, 0.3) is 0 Å². The lowest BCUT2D eigenvalue weighted by molar-refractivity contribution is 0.102. The number of nitrogens with one attached hydrogen (secondary N) is 2. The topological polar surface area (TPSA) is 110 Å². The van der Waals surface area contributed by atoms with Crippen molar-refractivity contribution < 1.29 is 17.9 Å². The maximum Gasteiger partial charge on any atom is 0.321 e. The average Bonchev–Trinajstić information content (AvgIpc) is 2.83. The molecule has 8 nitrogen and oxygen atoms in total. The van der Waals surface area contributed by atoms with E-state index in [0.29, 0.717) is 22.7 Å². The quantitative estimate of drug-likeness (QED) is 0.393. The van der Waals surface area contributed by atoms with Crippen LogP contribution in [0.3, 0.4) is 0 Å². The van der Waals surface area contributed by atoms with E-state index in [1.165, 1.54) is 24.3 Å². The molecule has 1 aromatic heterocycles. The summed E-state index contributed by atoms with van der Waals surface area (Å²) in [5, 5.41) is 2.77. The molecule has 0 saturated heterocycles. The predicted molar refractivity (Wildman–Crippen MR) is 130 cm³/mol. The molecule has 0 spiro atoms. The maximum absolute atomic E-state index is 12.7. The number of amides is 1. The lowest BCUT2D eigenvalue weighted by Gasteiger charge is -2.11. The van der Waals surface area contributed by atoms with Crippen LogP contribution in [-0.2, 0) is 10.0 Å². The summed E-state index contributed by atoms with van der Waals surface area (Å²) in [5.74, 6) is 0.154. The molecule has 0 atom stereocenters. The van der Waals surface area contributed by atoms with Crippen LogP contribution in [0, 0.1) is 13.8 Å². The summed E-state index contributed by atoms with van der Waals surface area (Å²) in [4.78, 5) is 20.6. The van der Waals surface area contributed by atoms with Crippen molar-refractivity contribution in [3.8, 4) is 11.8 Å². The van der Waals surface area contributed by atoms with Gasteiger partial charge in [0.1, 0.15) is 5.75 Å². The number of carbonyl (C=O) groups excluding carboxylic acids is 1. The molecule has 1 heterocycles. The number of hydrogen-bond acceptors (Lipinski definition) is 6. The summed E-state index contributed by atoms with van der Waals surface area (Å²) < 4.78 is 33.5. The van der Waals surface area contributed by atoms with E-state index in [4.69, 9.17) is 4.74 Å². The SMILES string of the molecule is Cc1ccc(NS(=O)(=O)c2ccc(C(=O)Nc3ccc(Oc4ncccn4)cc3)cc2)cc1C. The standard InChI is InChI=1S/C25H22N4O4S/c1-17-4-7-21(16-18(17)2)29-34(31,32)23-12-5-19(6-13-23)24(30)28-20-8-10-22(11-9-20)33-25-26-14-3-15-27-25/h3-16,29H,1-2H3,(H,28,30). The minimum Gasteiger partial charge on any atom is -0.424 e. The summed E-state index contributed by atoms with van der Waals surface area (Å²) in [5.41, 5.74) is 3.42. The molecular weight excluding hydrogens is 452 g/mol. The first-order valence-corrected chi connectivity index (χ1v) is 11.8. The van der Waals surface area contributed by atoms with Crippen LogP contribution in [0.1, 0.15) is 21.5 Å². The molecule has 0 unspecified atom stereocenters. The van der Waals surface area contributed by atoms with E-state index >= 15 is 0 Å². The summed E-state index contributed by atoms with van der Waals surface area (Å²) in [6.45, 7) is 3.87. The first-order chi connectivity index (χ1) is 16.3. The maximum atomic E-state index is 12.7. The zero-order chi connectivity index (χ0) is 24.1. The predicted octanol–water partition coefficient (Wildman–Crippen LogP) is 4.94. The number of nitrogens with zero attached hydrogens (tertiary/aromatic N) is 2. The molecular formula is C25H22N4O4S. The van der Waals surface area contributed by atoms with E-state index in [9.17, 15) is 13.2 Å². The number of carbonyl (C=O) groups is 1. The Bertz CT molecular complexity index is 1410. The fourth-order valence-corrected chi connectivity index (χ4v) is 4.11. The van der Waals surface area contributed by atoms with Crippen LogP contribution in [0.2, 0.25) is 0 Å². The molecule has 3 aromatic carbocycles. The first kappa shape index (κ1) is 22.9. The fraction of sp³-hybridized carbons (Fsp3) is 0.0800. The number of hydrogen-bond donors (Lipinski definition) is 2. The Balaban J connectivity index is 1.40. The van der Waals surface area contributed by atoms with Gasteiger partial charge in [0.15, 0.2) is 0 Å². The molecule has 0 aliphatic heterocycles. The van der Waals surface area contributed by atoms with E-state index in [1.54, 1.807) is 54.9 Å². The number of sulfonamides is 1. The summed E-state index contributed by atoms with van der Waals surface area (Å²) in [6.07, 6.45) is 3.15. The molecule has 0 aliphatic carbocycles. The molecule has 0 saturated carbocycles. The number of aryl methyl sites for hydroxylation is 2. The van der Waals surface area contributed by atoms with Gasteiger partial charge in [0.2, 0.25) is 0 Å². The molecule has 0 radical (unpaired) electrons. The molecule has 2 N–H and O–H groups in total. The van der Waals surface area contributed by atoms with Crippen molar-refractivity contribution in [2.24, 2.45) is 0 Å². The van der Waals surface area contributed by atoms with E-state index in [2.05, 4.69) is 20.0 Å². The second-order valence-electron chi connectivity index (χ2n) is 7.54. The van der Waals surface area contributed by atoms with Crippen molar-refractivity contribution in [1.82, 2.24) is 9.97 Å². The van der Waals surface area contributed by atoms with Gasteiger partial charge in [0.05, 0.1) is 4.90 Å². The van der Waals surface area contributed by atoms with Crippen molar-refractivity contribution in [3.05, 3.63) is 102 Å². The van der Waals surface area contributed by atoms with Crippen molar-refractivity contribution in [1.29, 1.82) is 0 Å². The normalized spacial score (nSPS) is 11.0. The molecule has 0 bridgehead atoms.